The topological polar surface area (TPSA) is 29.1 Å². The smallest absolute Gasteiger partial charge is 0.220 e. The van der Waals surface area contributed by atoms with Crippen LogP contribution in [0, 0.1) is 0 Å². The van der Waals surface area contributed by atoms with E-state index in [0.29, 0.717) is 0 Å². The van der Waals surface area contributed by atoms with Gasteiger partial charge in [-0.1, -0.05) is 0 Å². The number of hydrogen-bond donors (Lipinski definition) is 1. The van der Waals surface area contributed by atoms with Crippen molar-refractivity contribution in [2.45, 2.75) is 12.8 Å². The van der Waals surface area contributed by atoms with E-state index in [2.05, 4.69) is 5.32 Å². The zero-order chi connectivity index (χ0) is 4.41. The number of amides is 1. The van der Waals surface area contributed by atoms with Crippen LogP contribution in [0.4, 0.5) is 0 Å². The van der Waals surface area contributed by atoms with E-state index in [1.807, 2.05) is 0 Å². The molecule has 1 rings (SSSR count). The Balaban J connectivity index is 0.000000360. The van der Waals surface area contributed by atoms with Crippen LogP contribution in [-0.2, 0) is 4.79 Å². The molecule has 1 aliphatic rings. The maximum atomic E-state index is 10.1. The van der Waals surface area contributed by atoms with E-state index in [1.165, 1.54) is 0 Å². The minimum atomic E-state index is 0. The Hall–Kier alpha value is 0.0284. The minimum absolute atomic E-state index is 0. The van der Waals surface area contributed by atoms with Crippen molar-refractivity contribution in [1.82, 2.24) is 5.32 Å². The Morgan fingerprint density at radius 3 is 2.43 bits per heavy atom. The van der Waals surface area contributed by atoms with Gasteiger partial charge in [-0.25, -0.2) is 0 Å². The molecule has 3 radical (unpaired) electrons. The van der Waals surface area contributed by atoms with E-state index in [9.17, 15) is 4.79 Å². The summed E-state index contributed by atoms with van der Waals surface area (Å²) >= 11 is 0. The van der Waals surface area contributed by atoms with Gasteiger partial charge < -0.3 is 5.32 Å². The average Bonchev–Trinajstić information content (AvgIpc) is 1.86. The summed E-state index contributed by atoms with van der Waals surface area (Å²) in [7, 11) is 0. The normalized spacial score (nSPS) is 18.0. The molecule has 0 unspecified atom stereocenters. The molecular formula is C4H7AsNO. The summed E-state index contributed by atoms with van der Waals surface area (Å²) in [5.74, 6) is 0.204. The van der Waals surface area contributed by atoms with Crippen molar-refractivity contribution in [2.24, 2.45) is 0 Å². The number of carbonyl (C=O) groups excluding carboxylic acids is 1. The Bertz CT molecular complexity index is 66.1. The molecule has 0 aromatic carbocycles. The molecule has 7 heavy (non-hydrogen) atoms. The Kier molecular flexibility index (Phi) is 3.10. The van der Waals surface area contributed by atoms with Gasteiger partial charge in [-0.3, -0.25) is 4.79 Å². The average molecular weight is 160 g/mol. The van der Waals surface area contributed by atoms with Gasteiger partial charge in [0.05, 0.1) is 0 Å². The largest absolute Gasteiger partial charge is 0.356 e. The van der Waals surface area contributed by atoms with Gasteiger partial charge in [0, 0.05) is 30.9 Å². The standard InChI is InChI=1S/C4H7NO.As/c6-4-2-1-3-5-4;/h1-3H2,(H,5,6);. The van der Waals surface area contributed by atoms with Crippen LogP contribution in [-0.4, -0.2) is 30.4 Å². The monoisotopic (exact) mass is 160 g/mol. The predicted octanol–water partition coefficient (Wildman–Crippen LogP) is -0.484. The summed E-state index contributed by atoms with van der Waals surface area (Å²) in [6.07, 6.45) is 1.76. The molecule has 2 nitrogen and oxygen atoms in total. The third-order valence-electron chi connectivity index (χ3n) is 0.903. The van der Waals surface area contributed by atoms with Gasteiger partial charge in [0.1, 0.15) is 0 Å². The molecule has 1 heterocycles. The molecule has 0 bridgehead atoms. The predicted molar refractivity (Wildman–Crippen MR) is 28.0 cm³/mol. The summed E-state index contributed by atoms with van der Waals surface area (Å²) in [4.78, 5) is 10.1. The van der Waals surface area contributed by atoms with Crippen LogP contribution in [0.3, 0.4) is 0 Å². The van der Waals surface area contributed by atoms with E-state index in [1.54, 1.807) is 0 Å². The van der Waals surface area contributed by atoms with E-state index in [4.69, 9.17) is 0 Å². The number of hydrogen-bond acceptors (Lipinski definition) is 1. The summed E-state index contributed by atoms with van der Waals surface area (Å²) in [6, 6.07) is 0. The number of rotatable bonds is 0. The third kappa shape index (κ3) is 1.98. The Labute approximate surface area is 54.0 Å². The van der Waals surface area contributed by atoms with Crippen LogP contribution in [0.5, 0.6) is 0 Å². The number of nitrogens with one attached hydrogen (secondary N) is 1. The van der Waals surface area contributed by atoms with Gasteiger partial charge in [-0.05, 0) is 6.42 Å². The van der Waals surface area contributed by atoms with Crippen molar-refractivity contribution in [1.29, 1.82) is 0 Å². The van der Waals surface area contributed by atoms with Gasteiger partial charge >= 0.3 is 0 Å². The van der Waals surface area contributed by atoms with Crippen molar-refractivity contribution < 1.29 is 4.79 Å². The zero-order valence-corrected chi connectivity index (χ0v) is 5.85. The molecular weight excluding hydrogens is 153 g/mol. The second-order valence-electron chi connectivity index (χ2n) is 1.45. The molecule has 0 spiro atoms. The Morgan fingerprint density at radius 1 is 1.57 bits per heavy atom. The summed E-state index contributed by atoms with van der Waals surface area (Å²) in [5.41, 5.74) is 0. The SMILES string of the molecule is O=C1CCCN1.[As]. The summed E-state index contributed by atoms with van der Waals surface area (Å²) in [5, 5.41) is 2.68. The first kappa shape index (κ1) is 7.03. The van der Waals surface area contributed by atoms with Gasteiger partial charge in [0.15, 0.2) is 0 Å². The first-order valence-electron chi connectivity index (χ1n) is 2.16. The maximum absolute atomic E-state index is 10.1. The van der Waals surface area contributed by atoms with Crippen molar-refractivity contribution in [2.75, 3.05) is 6.54 Å². The van der Waals surface area contributed by atoms with E-state index >= 15 is 0 Å². The van der Waals surface area contributed by atoms with Crippen LogP contribution in [0.15, 0.2) is 0 Å². The van der Waals surface area contributed by atoms with Crippen molar-refractivity contribution in [3.05, 3.63) is 0 Å². The molecule has 1 N–H and O–H groups in total. The first-order valence-corrected chi connectivity index (χ1v) is 2.16. The van der Waals surface area contributed by atoms with Gasteiger partial charge in [-0.2, -0.15) is 0 Å². The molecule has 1 saturated heterocycles. The molecule has 1 aliphatic heterocycles. The molecule has 0 aromatic heterocycles. The number of carbonyl (C=O) groups is 1. The fourth-order valence-corrected chi connectivity index (χ4v) is 0.565. The summed E-state index contributed by atoms with van der Waals surface area (Å²) in [6.45, 7) is 0.888. The maximum Gasteiger partial charge on any atom is 0.220 e. The molecule has 1 fully saturated rings. The molecule has 1 amide bonds. The third-order valence-corrected chi connectivity index (χ3v) is 0.903. The summed E-state index contributed by atoms with van der Waals surface area (Å²) < 4.78 is 0. The molecule has 0 saturated carbocycles. The van der Waals surface area contributed by atoms with Crippen molar-refractivity contribution >= 4 is 23.9 Å². The van der Waals surface area contributed by atoms with E-state index in [0.717, 1.165) is 19.4 Å². The fourth-order valence-electron chi connectivity index (χ4n) is 0.565. The second kappa shape index (κ2) is 3.09. The molecule has 3 heteroatoms. The van der Waals surface area contributed by atoms with Crippen molar-refractivity contribution in [3.8, 4) is 0 Å². The molecule has 0 atom stereocenters. The van der Waals surface area contributed by atoms with Crippen LogP contribution in [0.2, 0.25) is 0 Å². The first-order chi connectivity index (χ1) is 2.89. The molecule has 0 aromatic rings. The van der Waals surface area contributed by atoms with Gasteiger partial charge in [-0.15, -0.1) is 0 Å². The van der Waals surface area contributed by atoms with Crippen LogP contribution < -0.4 is 5.32 Å². The van der Waals surface area contributed by atoms with Crippen molar-refractivity contribution in [3.63, 3.8) is 0 Å². The van der Waals surface area contributed by atoms with Crippen LogP contribution in [0.1, 0.15) is 12.8 Å². The molecule has 39 valence electrons. The van der Waals surface area contributed by atoms with E-state index < -0.39 is 0 Å². The zero-order valence-electron chi connectivity index (χ0n) is 3.98. The fraction of sp³-hybridized carbons (Fsp3) is 0.750. The molecule has 0 aliphatic carbocycles. The van der Waals surface area contributed by atoms with Gasteiger partial charge in [0.2, 0.25) is 5.91 Å². The van der Waals surface area contributed by atoms with Crippen LogP contribution in [0.25, 0.3) is 0 Å². The minimum Gasteiger partial charge on any atom is -0.356 e. The second-order valence-corrected chi connectivity index (χ2v) is 1.45. The van der Waals surface area contributed by atoms with Crippen LogP contribution >= 0.6 is 0 Å². The quantitative estimate of drug-likeness (QED) is 0.476. The van der Waals surface area contributed by atoms with E-state index in [-0.39, 0.29) is 23.9 Å². The van der Waals surface area contributed by atoms with Gasteiger partial charge in [0.25, 0.3) is 0 Å². The Morgan fingerprint density at radius 2 is 2.29 bits per heavy atom.